The van der Waals surface area contributed by atoms with Crippen LogP contribution in [0.25, 0.3) is 0 Å². The van der Waals surface area contributed by atoms with Crippen molar-refractivity contribution < 1.29 is 22.7 Å². The van der Waals surface area contributed by atoms with Gasteiger partial charge in [0.25, 0.3) is 5.91 Å². The van der Waals surface area contributed by atoms with Gasteiger partial charge in [-0.3, -0.25) is 9.69 Å². The highest BCUT2D eigenvalue weighted by Gasteiger charge is 2.47. The average molecular weight is 344 g/mol. The number of amides is 1. The Kier molecular flexibility index (Phi) is 5.42. The molecule has 0 radical (unpaired) electrons. The third-order valence-electron chi connectivity index (χ3n) is 4.48. The molecule has 0 saturated carbocycles. The molecule has 0 spiro atoms. The summed E-state index contributed by atoms with van der Waals surface area (Å²) >= 11 is 0. The highest BCUT2D eigenvalue weighted by molar-refractivity contribution is 5.78. The Morgan fingerprint density at radius 2 is 1.96 bits per heavy atom. The highest BCUT2D eigenvalue weighted by atomic mass is 19.4. The Balaban J connectivity index is 2.01. The van der Waals surface area contributed by atoms with E-state index in [2.05, 4.69) is 0 Å². The van der Waals surface area contributed by atoms with Crippen LogP contribution in [0.5, 0.6) is 5.75 Å². The van der Waals surface area contributed by atoms with Crippen molar-refractivity contribution in [2.45, 2.75) is 39.0 Å². The van der Waals surface area contributed by atoms with Crippen molar-refractivity contribution in [1.29, 1.82) is 0 Å². The highest BCUT2D eigenvalue weighted by Crippen LogP contribution is 2.29. The minimum atomic E-state index is -4.36. The van der Waals surface area contributed by atoms with E-state index in [1.54, 1.807) is 13.0 Å². The van der Waals surface area contributed by atoms with Crippen LogP contribution in [0.3, 0.4) is 0 Å². The summed E-state index contributed by atoms with van der Waals surface area (Å²) in [6.07, 6.45) is -4.36. The van der Waals surface area contributed by atoms with E-state index in [0.717, 1.165) is 11.1 Å². The Hall–Kier alpha value is -1.76. The van der Waals surface area contributed by atoms with Crippen LogP contribution in [0.15, 0.2) is 18.2 Å². The molecule has 1 amide bonds. The molecule has 24 heavy (non-hydrogen) atoms. The summed E-state index contributed by atoms with van der Waals surface area (Å²) in [7, 11) is 1.44. The molecular weight excluding hydrogens is 321 g/mol. The number of halogens is 3. The number of nitrogens with zero attached hydrogens (tertiary/aromatic N) is 2. The topological polar surface area (TPSA) is 32.8 Å². The van der Waals surface area contributed by atoms with Gasteiger partial charge in [-0.25, -0.2) is 0 Å². The number of piperazine rings is 1. The van der Waals surface area contributed by atoms with E-state index < -0.39 is 18.1 Å². The first-order valence-electron chi connectivity index (χ1n) is 7.86. The average Bonchev–Trinajstić information content (AvgIpc) is 2.47. The van der Waals surface area contributed by atoms with Crippen molar-refractivity contribution >= 4 is 5.91 Å². The molecule has 2 rings (SSSR count). The number of aryl methyl sites for hydroxylation is 2. The molecule has 1 aromatic rings. The van der Waals surface area contributed by atoms with Gasteiger partial charge in [-0.05, 0) is 39.4 Å². The fourth-order valence-electron chi connectivity index (χ4n) is 2.90. The van der Waals surface area contributed by atoms with Gasteiger partial charge in [-0.15, -0.1) is 0 Å². The summed E-state index contributed by atoms with van der Waals surface area (Å²) in [6.45, 7) is 5.14. The second kappa shape index (κ2) is 7.01. The monoisotopic (exact) mass is 344 g/mol. The number of ether oxygens (including phenoxy) is 1. The van der Waals surface area contributed by atoms with Crippen LogP contribution in [0.1, 0.15) is 18.1 Å². The molecule has 1 aliphatic rings. The van der Waals surface area contributed by atoms with Crippen molar-refractivity contribution in [3.63, 3.8) is 0 Å². The first kappa shape index (κ1) is 18.6. The Labute approximate surface area is 140 Å². The zero-order valence-corrected chi connectivity index (χ0v) is 14.4. The quantitative estimate of drug-likeness (QED) is 0.845. The first-order valence-corrected chi connectivity index (χ1v) is 7.86. The van der Waals surface area contributed by atoms with E-state index in [1.807, 2.05) is 26.0 Å². The van der Waals surface area contributed by atoms with Gasteiger partial charge in [0.1, 0.15) is 11.8 Å². The smallest absolute Gasteiger partial charge is 0.405 e. The molecule has 1 aliphatic heterocycles. The maximum atomic E-state index is 13.1. The third-order valence-corrected chi connectivity index (χ3v) is 4.48. The summed E-state index contributed by atoms with van der Waals surface area (Å²) in [6, 6.07) is 3.55. The minimum absolute atomic E-state index is 0.259. The zero-order valence-electron chi connectivity index (χ0n) is 14.4. The van der Waals surface area contributed by atoms with E-state index in [9.17, 15) is 18.0 Å². The van der Waals surface area contributed by atoms with Crippen LogP contribution in [0.2, 0.25) is 0 Å². The molecule has 1 aromatic carbocycles. The number of carbonyl (C=O) groups is 1. The number of hydrogen-bond donors (Lipinski definition) is 0. The van der Waals surface area contributed by atoms with Gasteiger partial charge >= 0.3 is 6.18 Å². The number of rotatable bonds is 3. The van der Waals surface area contributed by atoms with Gasteiger partial charge in [-0.1, -0.05) is 17.7 Å². The molecular formula is C17H23F3N2O2. The molecule has 2 atom stereocenters. The van der Waals surface area contributed by atoms with Crippen LogP contribution in [-0.2, 0) is 4.79 Å². The van der Waals surface area contributed by atoms with E-state index in [4.69, 9.17) is 4.74 Å². The predicted octanol–water partition coefficient (Wildman–Crippen LogP) is 2.78. The molecule has 0 bridgehead atoms. The van der Waals surface area contributed by atoms with Gasteiger partial charge in [0.2, 0.25) is 0 Å². The van der Waals surface area contributed by atoms with E-state index in [-0.39, 0.29) is 25.7 Å². The molecule has 7 heteroatoms. The normalized spacial score (nSPS) is 22.5. The van der Waals surface area contributed by atoms with Crippen LogP contribution in [0, 0.1) is 13.8 Å². The summed E-state index contributed by atoms with van der Waals surface area (Å²) in [5.41, 5.74) is 1.97. The minimum Gasteiger partial charge on any atom is -0.484 e. The van der Waals surface area contributed by atoms with E-state index >= 15 is 0 Å². The summed E-state index contributed by atoms with van der Waals surface area (Å²) in [5.74, 6) is 0.146. The maximum absolute atomic E-state index is 13.1. The molecule has 2 unspecified atom stereocenters. The van der Waals surface area contributed by atoms with Gasteiger partial charge in [0.05, 0.1) is 0 Å². The lowest BCUT2D eigenvalue weighted by molar-refractivity contribution is -0.201. The summed E-state index contributed by atoms with van der Waals surface area (Å²) < 4.78 is 44.9. The number of benzene rings is 1. The fourth-order valence-corrected chi connectivity index (χ4v) is 2.90. The van der Waals surface area contributed by atoms with Crippen molar-refractivity contribution in [1.82, 2.24) is 9.80 Å². The van der Waals surface area contributed by atoms with Crippen molar-refractivity contribution in [3.8, 4) is 5.75 Å². The van der Waals surface area contributed by atoms with Crippen molar-refractivity contribution in [3.05, 3.63) is 29.3 Å². The number of hydrogen-bond acceptors (Lipinski definition) is 3. The molecule has 1 heterocycles. The number of likely N-dealkylation sites (N-methyl/N-ethyl adjacent to an activating group) is 1. The molecule has 1 fully saturated rings. The van der Waals surface area contributed by atoms with Crippen molar-refractivity contribution in [2.24, 2.45) is 0 Å². The Morgan fingerprint density at radius 3 is 2.54 bits per heavy atom. The second-order valence-electron chi connectivity index (χ2n) is 6.43. The SMILES string of the molecule is Cc1ccc(OCC(=O)N2CC(C)N(C)C(C(F)(F)F)C2)c(C)c1. The Bertz CT molecular complexity index is 604. The lowest BCUT2D eigenvalue weighted by Crippen LogP contribution is -2.62. The van der Waals surface area contributed by atoms with E-state index in [1.165, 1.54) is 16.8 Å². The molecule has 1 saturated heterocycles. The molecule has 134 valence electrons. The number of carbonyl (C=O) groups excluding carboxylic acids is 1. The molecule has 0 aromatic heterocycles. The van der Waals surface area contributed by atoms with Crippen LogP contribution < -0.4 is 4.74 Å². The van der Waals surface area contributed by atoms with Gasteiger partial charge in [-0.2, -0.15) is 13.2 Å². The second-order valence-corrected chi connectivity index (χ2v) is 6.43. The van der Waals surface area contributed by atoms with Gasteiger partial charge < -0.3 is 9.64 Å². The first-order chi connectivity index (χ1) is 11.1. The van der Waals surface area contributed by atoms with E-state index in [0.29, 0.717) is 5.75 Å². The third kappa shape index (κ3) is 4.20. The summed E-state index contributed by atoms with van der Waals surface area (Å²) in [5, 5.41) is 0. The molecule has 4 nitrogen and oxygen atoms in total. The van der Waals surface area contributed by atoms with Crippen LogP contribution in [-0.4, -0.2) is 60.7 Å². The largest absolute Gasteiger partial charge is 0.484 e. The molecule has 0 aliphatic carbocycles. The number of alkyl halides is 3. The van der Waals surface area contributed by atoms with Crippen LogP contribution in [0.4, 0.5) is 13.2 Å². The predicted molar refractivity (Wildman–Crippen MR) is 85.1 cm³/mol. The van der Waals surface area contributed by atoms with Crippen LogP contribution >= 0.6 is 0 Å². The standard InChI is InChI=1S/C17H23F3N2O2/c1-11-5-6-14(12(2)7-11)24-10-16(23)22-8-13(3)21(4)15(9-22)17(18,19)20/h5-7,13,15H,8-10H2,1-4H3. The maximum Gasteiger partial charge on any atom is 0.405 e. The lowest BCUT2D eigenvalue weighted by Gasteiger charge is -2.44. The molecule has 0 N–H and O–H groups in total. The van der Waals surface area contributed by atoms with Crippen molar-refractivity contribution in [2.75, 3.05) is 26.7 Å². The van der Waals surface area contributed by atoms with Gasteiger partial charge in [0.15, 0.2) is 6.61 Å². The van der Waals surface area contributed by atoms with Gasteiger partial charge in [0, 0.05) is 19.1 Å². The fraction of sp³-hybridized carbons (Fsp3) is 0.588. The Morgan fingerprint density at radius 1 is 1.29 bits per heavy atom. The lowest BCUT2D eigenvalue weighted by atomic mass is 10.1. The zero-order chi connectivity index (χ0) is 18.1. The summed E-state index contributed by atoms with van der Waals surface area (Å²) in [4.78, 5) is 14.8.